The van der Waals surface area contributed by atoms with Gasteiger partial charge >= 0.3 is 5.97 Å². The van der Waals surface area contributed by atoms with Crippen LogP contribution in [-0.2, 0) is 16.8 Å². The minimum absolute atomic E-state index is 0.425. The number of ether oxygens (including phenoxy) is 1. The van der Waals surface area contributed by atoms with E-state index >= 15 is 0 Å². The molecule has 0 fully saturated rings. The van der Waals surface area contributed by atoms with Crippen LogP contribution < -0.4 is 4.74 Å². The quantitative estimate of drug-likeness (QED) is 0.860. The number of rotatable bonds is 3. The molecule has 0 amide bonds. The van der Waals surface area contributed by atoms with Gasteiger partial charge in [0.2, 0.25) is 0 Å². The monoisotopic (exact) mass is 250 g/mol. The zero-order chi connectivity index (χ0) is 13.6. The Balaban J connectivity index is 2.56. The number of hydrogen-bond donors (Lipinski definition) is 2. The maximum atomic E-state index is 11.4. The Morgan fingerprint density at radius 2 is 2.11 bits per heavy atom. The molecule has 1 unspecified atom stereocenters. The van der Waals surface area contributed by atoms with E-state index in [1.54, 1.807) is 27.0 Å². The second kappa shape index (κ2) is 3.99. The highest BCUT2D eigenvalue weighted by molar-refractivity contribution is 5.76. The van der Waals surface area contributed by atoms with E-state index in [0.29, 0.717) is 24.2 Å². The zero-order valence-corrected chi connectivity index (χ0v) is 10.9. The Morgan fingerprint density at radius 3 is 2.67 bits per heavy atom. The number of benzene rings is 1. The third-order valence-corrected chi connectivity index (χ3v) is 4.09. The fourth-order valence-electron chi connectivity index (χ4n) is 2.56. The van der Waals surface area contributed by atoms with Crippen LogP contribution in [0.5, 0.6) is 5.75 Å². The van der Waals surface area contributed by atoms with Gasteiger partial charge in [0.15, 0.2) is 0 Å². The summed E-state index contributed by atoms with van der Waals surface area (Å²) < 4.78 is 5.15. The molecule has 1 atom stereocenters. The van der Waals surface area contributed by atoms with Gasteiger partial charge in [-0.3, -0.25) is 4.79 Å². The van der Waals surface area contributed by atoms with E-state index in [1.807, 2.05) is 12.1 Å². The first-order valence-electron chi connectivity index (χ1n) is 5.96. The van der Waals surface area contributed by atoms with Gasteiger partial charge in [-0.1, -0.05) is 6.07 Å². The van der Waals surface area contributed by atoms with Gasteiger partial charge in [-0.15, -0.1) is 0 Å². The van der Waals surface area contributed by atoms with Crippen molar-refractivity contribution in [1.29, 1.82) is 0 Å². The molecule has 2 rings (SSSR count). The smallest absolute Gasteiger partial charge is 0.312 e. The van der Waals surface area contributed by atoms with Crippen LogP contribution in [0.15, 0.2) is 18.2 Å². The highest BCUT2D eigenvalue weighted by Gasteiger charge is 2.53. The number of carboxylic acid groups (broad SMARTS) is 1. The second-order valence-corrected chi connectivity index (χ2v) is 5.31. The Labute approximate surface area is 106 Å². The van der Waals surface area contributed by atoms with Crippen LogP contribution in [0.2, 0.25) is 0 Å². The number of aryl methyl sites for hydroxylation is 1. The lowest BCUT2D eigenvalue weighted by molar-refractivity contribution is -0.166. The van der Waals surface area contributed by atoms with Crippen molar-refractivity contribution in [2.24, 2.45) is 5.41 Å². The van der Waals surface area contributed by atoms with Crippen molar-refractivity contribution in [1.82, 2.24) is 0 Å². The standard InChI is InChI=1S/C14H18O4/c1-13(2,12(15)16)14(17)7-6-9-4-5-10(18-3)8-11(9)14/h4-5,8,17H,6-7H2,1-3H3,(H,15,16). The minimum atomic E-state index is -1.34. The molecule has 98 valence electrons. The first kappa shape index (κ1) is 12.9. The van der Waals surface area contributed by atoms with Crippen LogP contribution >= 0.6 is 0 Å². The Hall–Kier alpha value is -1.55. The van der Waals surface area contributed by atoms with Crippen molar-refractivity contribution >= 4 is 5.97 Å². The lowest BCUT2D eigenvalue weighted by atomic mass is 9.71. The van der Waals surface area contributed by atoms with Gasteiger partial charge in [-0.25, -0.2) is 0 Å². The molecule has 0 heterocycles. The van der Waals surface area contributed by atoms with Gasteiger partial charge in [0, 0.05) is 0 Å². The molecule has 0 aliphatic heterocycles. The lowest BCUT2D eigenvalue weighted by Gasteiger charge is -2.37. The molecule has 0 radical (unpaired) electrons. The van der Waals surface area contributed by atoms with Crippen molar-refractivity contribution < 1.29 is 19.7 Å². The molecule has 1 aliphatic carbocycles. The Kier molecular flexibility index (Phi) is 2.86. The van der Waals surface area contributed by atoms with Crippen molar-refractivity contribution in [3.05, 3.63) is 29.3 Å². The summed E-state index contributed by atoms with van der Waals surface area (Å²) in [4.78, 5) is 11.4. The van der Waals surface area contributed by atoms with Gasteiger partial charge in [0.05, 0.1) is 12.5 Å². The fraction of sp³-hybridized carbons (Fsp3) is 0.500. The first-order valence-corrected chi connectivity index (χ1v) is 5.96. The molecule has 0 bridgehead atoms. The Morgan fingerprint density at radius 1 is 1.44 bits per heavy atom. The molecule has 18 heavy (non-hydrogen) atoms. The van der Waals surface area contributed by atoms with Crippen LogP contribution in [0.3, 0.4) is 0 Å². The average molecular weight is 250 g/mol. The first-order chi connectivity index (χ1) is 8.33. The lowest BCUT2D eigenvalue weighted by Crippen LogP contribution is -2.45. The molecule has 0 saturated heterocycles. The molecule has 4 nitrogen and oxygen atoms in total. The molecule has 0 aromatic heterocycles. The third-order valence-electron chi connectivity index (χ3n) is 4.09. The van der Waals surface area contributed by atoms with Gasteiger partial charge in [-0.2, -0.15) is 0 Å². The van der Waals surface area contributed by atoms with E-state index < -0.39 is 17.0 Å². The number of aliphatic hydroxyl groups is 1. The van der Waals surface area contributed by atoms with Crippen LogP contribution in [0, 0.1) is 5.41 Å². The minimum Gasteiger partial charge on any atom is -0.497 e. The second-order valence-electron chi connectivity index (χ2n) is 5.31. The Bertz CT molecular complexity index is 493. The van der Waals surface area contributed by atoms with E-state index in [0.717, 1.165) is 5.56 Å². The molecule has 1 aliphatic rings. The van der Waals surface area contributed by atoms with Crippen LogP contribution in [-0.4, -0.2) is 23.3 Å². The van der Waals surface area contributed by atoms with Crippen molar-refractivity contribution in [3.8, 4) is 5.75 Å². The maximum Gasteiger partial charge on any atom is 0.312 e. The maximum absolute atomic E-state index is 11.4. The molecule has 0 spiro atoms. The summed E-state index contributed by atoms with van der Waals surface area (Å²) in [5.41, 5.74) is -0.908. The number of carboxylic acids is 1. The molecule has 1 aromatic rings. The van der Waals surface area contributed by atoms with Gasteiger partial charge in [0.25, 0.3) is 0 Å². The van der Waals surface area contributed by atoms with Crippen molar-refractivity contribution in [2.45, 2.75) is 32.3 Å². The highest BCUT2D eigenvalue weighted by atomic mass is 16.5. The van der Waals surface area contributed by atoms with Gasteiger partial charge in [0.1, 0.15) is 11.4 Å². The van der Waals surface area contributed by atoms with E-state index in [4.69, 9.17) is 4.74 Å². The summed E-state index contributed by atoms with van der Waals surface area (Å²) >= 11 is 0. The summed E-state index contributed by atoms with van der Waals surface area (Å²) in [6.07, 6.45) is 1.11. The topological polar surface area (TPSA) is 66.8 Å². The van der Waals surface area contributed by atoms with Crippen LogP contribution in [0.4, 0.5) is 0 Å². The van der Waals surface area contributed by atoms with Crippen LogP contribution in [0.25, 0.3) is 0 Å². The zero-order valence-electron chi connectivity index (χ0n) is 10.9. The summed E-state index contributed by atoms with van der Waals surface area (Å²) in [5, 5.41) is 20.2. The molecular weight excluding hydrogens is 232 g/mol. The summed E-state index contributed by atoms with van der Waals surface area (Å²) in [6, 6.07) is 5.47. The van der Waals surface area contributed by atoms with Gasteiger partial charge in [-0.05, 0) is 49.9 Å². The number of hydrogen-bond acceptors (Lipinski definition) is 3. The molecular formula is C14H18O4. The summed E-state index contributed by atoms with van der Waals surface area (Å²) in [7, 11) is 1.55. The SMILES string of the molecule is COc1ccc2c(c1)C(O)(C(C)(C)C(=O)O)CC2. The normalized spacial score (nSPS) is 22.7. The fourth-order valence-corrected chi connectivity index (χ4v) is 2.56. The van der Waals surface area contributed by atoms with Crippen molar-refractivity contribution in [2.75, 3.05) is 7.11 Å². The van der Waals surface area contributed by atoms with E-state index in [-0.39, 0.29) is 0 Å². The van der Waals surface area contributed by atoms with E-state index in [1.165, 1.54) is 0 Å². The summed E-state index contributed by atoms with van der Waals surface area (Å²) in [5.74, 6) is -0.365. The van der Waals surface area contributed by atoms with Gasteiger partial charge < -0.3 is 14.9 Å². The number of methoxy groups -OCH3 is 1. The molecule has 2 N–H and O–H groups in total. The van der Waals surface area contributed by atoms with Crippen molar-refractivity contribution in [3.63, 3.8) is 0 Å². The van der Waals surface area contributed by atoms with E-state index in [9.17, 15) is 15.0 Å². The third kappa shape index (κ3) is 1.60. The predicted molar refractivity (Wildman–Crippen MR) is 66.6 cm³/mol. The molecule has 0 saturated carbocycles. The van der Waals surface area contributed by atoms with E-state index in [2.05, 4.69) is 0 Å². The molecule has 4 heteroatoms. The molecule has 1 aromatic carbocycles. The van der Waals surface area contributed by atoms with Crippen LogP contribution in [0.1, 0.15) is 31.4 Å². The predicted octanol–water partition coefficient (Wildman–Crippen LogP) is 1.94. The largest absolute Gasteiger partial charge is 0.497 e. The highest BCUT2D eigenvalue weighted by Crippen LogP contribution is 2.49. The average Bonchev–Trinajstić information content (AvgIpc) is 2.68. The summed E-state index contributed by atoms with van der Waals surface area (Å²) in [6.45, 7) is 3.12. The number of carbonyl (C=O) groups is 1. The number of aliphatic carboxylic acids is 1. The number of fused-ring (bicyclic) bond motifs is 1.